The van der Waals surface area contributed by atoms with E-state index in [9.17, 15) is 4.79 Å². The van der Waals surface area contributed by atoms with Crippen molar-refractivity contribution in [2.24, 2.45) is 0 Å². The van der Waals surface area contributed by atoms with Crippen LogP contribution in [-0.2, 0) is 11.3 Å². The molecular weight excluding hydrogens is 274 g/mol. The Kier molecular flexibility index (Phi) is 4.55. The number of anilines is 1. The van der Waals surface area contributed by atoms with Gasteiger partial charge >= 0.3 is 0 Å². The van der Waals surface area contributed by atoms with Crippen LogP contribution in [-0.4, -0.2) is 31.1 Å². The monoisotopic (exact) mass is 295 g/mol. The Labute approximate surface area is 125 Å². The summed E-state index contributed by atoms with van der Waals surface area (Å²) < 4.78 is 0. The highest BCUT2D eigenvalue weighted by Crippen LogP contribution is 2.30. The second-order valence-electron chi connectivity index (χ2n) is 6.12. The highest BCUT2D eigenvalue weighted by molar-refractivity contribution is 6.33. The van der Waals surface area contributed by atoms with Crippen molar-refractivity contribution in [3.63, 3.8) is 0 Å². The van der Waals surface area contributed by atoms with E-state index >= 15 is 0 Å². The molecule has 1 aliphatic rings. The summed E-state index contributed by atoms with van der Waals surface area (Å²) >= 11 is 6.36. The van der Waals surface area contributed by atoms with Crippen molar-refractivity contribution in [2.45, 2.75) is 32.9 Å². The van der Waals surface area contributed by atoms with Gasteiger partial charge in [0.15, 0.2) is 0 Å². The summed E-state index contributed by atoms with van der Waals surface area (Å²) in [6.45, 7) is 8.95. The van der Waals surface area contributed by atoms with E-state index in [0.29, 0.717) is 18.1 Å². The van der Waals surface area contributed by atoms with Crippen molar-refractivity contribution in [1.82, 2.24) is 10.6 Å². The fraction of sp³-hybridized carbons (Fsp3) is 0.533. The summed E-state index contributed by atoms with van der Waals surface area (Å²) in [4.78, 5) is 13.6. The largest absolute Gasteiger partial charge is 0.359 e. The van der Waals surface area contributed by atoms with Crippen LogP contribution in [0.1, 0.15) is 26.3 Å². The SMILES string of the molecule is CC(C)(C)NCc1cccc(Cl)c1N1CCNC(=O)C1. The summed E-state index contributed by atoms with van der Waals surface area (Å²) in [6, 6.07) is 5.89. The van der Waals surface area contributed by atoms with E-state index in [1.165, 1.54) is 0 Å². The molecule has 0 spiro atoms. The van der Waals surface area contributed by atoms with Gasteiger partial charge in [0.25, 0.3) is 0 Å². The van der Waals surface area contributed by atoms with Gasteiger partial charge in [-0.25, -0.2) is 0 Å². The predicted molar refractivity (Wildman–Crippen MR) is 83.3 cm³/mol. The molecule has 110 valence electrons. The third kappa shape index (κ3) is 3.87. The van der Waals surface area contributed by atoms with Crippen LogP contribution in [0.4, 0.5) is 5.69 Å². The lowest BCUT2D eigenvalue weighted by Crippen LogP contribution is -2.48. The molecule has 4 nitrogen and oxygen atoms in total. The summed E-state index contributed by atoms with van der Waals surface area (Å²) in [7, 11) is 0. The molecule has 0 aliphatic carbocycles. The van der Waals surface area contributed by atoms with Crippen molar-refractivity contribution in [3.05, 3.63) is 28.8 Å². The summed E-state index contributed by atoms with van der Waals surface area (Å²) in [5, 5.41) is 7.01. The number of para-hydroxylation sites is 1. The average Bonchev–Trinajstić information content (AvgIpc) is 2.35. The molecule has 0 radical (unpaired) electrons. The first-order valence-corrected chi connectivity index (χ1v) is 7.29. The van der Waals surface area contributed by atoms with Crippen LogP contribution in [0, 0.1) is 0 Å². The van der Waals surface area contributed by atoms with Gasteiger partial charge in [0.2, 0.25) is 5.91 Å². The van der Waals surface area contributed by atoms with E-state index < -0.39 is 0 Å². The first-order chi connectivity index (χ1) is 9.37. The third-order valence-electron chi connectivity index (χ3n) is 3.23. The van der Waals surface area contributed by atoms with Crippen LogP contribution in [0.2, 0.25) is 5.02 Å². The standard InChI is InChI=1S/C15H22ClN3O/c1-15(2,3)18-9-11-5-4-6-12(16)14(11)19-8-7-17-13(20)10-19/h4-6,18H,7-10H2,1-3H3,(H,17,20). The molecule has 1 amide bonds. The molecule has 2 rings (SSSR count). The zero-order valence-corrected chi connectivity index (χ0v) is 13.0. The van der Waals surface area contributed by atoms with Crippen molar-refractivity contribution in [3.8, 4) is 0 Å². The Morgan fingerprint density at radius 3 is 2.80 bits per heavy atom. The van der Waals surface area contributed by atoms with E-state index in [4.69, 9.17) is 11.6 Å². The molecule has 1 fully saturated rings. The van der Waals surface area contributed by atoms with E-state index in [2.05, 4.69) is 42.4 Å². The number of benzene rings is 1. The number of piperazine rings is 1. The maximum absolute atomic E-state index is 11.6. The number of carbonyl (C=O) groups is 1. The van der Waals surface area contributed by atoms with Crippen molar-refractivity contribution in [1.29, 1.82) is 0 Å². The van der Waals surface area contributed by atoms with Gasteiger partial charge in [-0.1, -0.05) is 23.7 Å². The maximum atomic E-state index is 11.6. The number of nitrogens with one attached hydrogen (secondary N) is 2. The molecule has 2 N–H and O–H groups in total. The molecule has 20 heavy (non-hydrogen) atoms. The van der Waals surface area contributed by atoms with Gasteiger partial charge < -0.3 is 15.5 Å². The topological polar surface area (TPSA) is 44.4 Å². The van der Waals surface area contributed by atoms with Gasteiger partial charge in [-0.15, -0.1) is 0 Å². The van der Waals surface area contributed by atoms with E-state index in [1.807, 2.05) is 12.1 Å². The second kappa shape index (κ2) is 6.02. The number of amides is 1. The molecule has 5 heteroatoms. The van der Waals surface area contributed by atoms with Crippen molar-refractivity contribution >= 4 is 23.2 Å². The first-order valence-electron chi connectivity index (χ1n) is 6.91. The number of carbonyl (C=O) groups excluding carboxylic acids is 1. The van der Waals surface area contributed by atoms with Crippen LogP contribution in [0.3, 0.4) is 0 Å². The Morgan fingerprint density at radius 2 is 2.15 bits per heavy atom. The highest BCUT2D eigenvalue weighted by atomic mass is 35.5. The minimum Gasteiger partial charge on any atom is -0.359 e. The zero-order valence-electron chi connectivity index (χ0n) is 12.3. The minimum atomic E-state index is 0.0405. The van der Waals surface area contributed by atoms with Gasteiger partial charge in [0.1, 0.15) is 0 Å². The van der Waals surface area contributed by atoms with Gasteiger partial charge in [-0.05, 0) is 32.4 Å². The minimum absolute atomic E-state index is 0.0405. The van der Waals surface area contributed by atoms with E-state index in [1.54, 1.807) is 0 Å². The normalized spacial score (nSPS) is 16.2. The Hall–Kier alpha value is -1.26. The summed E-state index contributed by atoms with van der Waals surface area (Å²) in [6.07, 6.45) is 0. The zero-order chi connectivity index (χ0) is 14.8. The van der Waals surface area contributed by atoms with Crippen LogP contribution < -0.4 is 15.5 Å². The lowest BCUT2D eigenvalue weighted by molar-refractivity contribution is -0.120. The second-order valence-corrected chi connectivity index (χ2v) is 6.53. The molecule has 1 saturated heterocycles. The highest BCUT2D eigenvalue weighted by Gasteiger charge is 2.21. The third-order valence-corrected chi connectivity index (χ3v) is 3.54. The van der Waals surface area contributed by atoms with E-state index in [-0.39, 0.29) is 11.4 Å². The lowest BCUT2D eigenvalue weighted by Gasteiger charge is -2.32. The molecule has 0 atom stereocenters. The molecule has 0 unspecified atom stereocenters. The number of rotatable bonds is 3. The predicted octanol–water partition coefficient (Wildman–Crippen LogP) is 2.16. The Morgan fingerprint density at radius 1 is 1.40 bits per heavy atom. The lowest BCUT2D eigenvalue weighted by atomic mass is 10.1. The smallest absolute Gasteiger partial charge is 0.239 e. The van der Waals surface area contributed by atoms with Crippen molar-refractivity contribution < 1.29 is 4.79 Å². The molecule has 0 bridgehead atoms. The molecule has 0 aromatic heterocycles. The fourth-order valence-electron chi connectivity index (χ4n) is 2.25. The molecule has 1 aliphatic heterocycles. The maximum Gasteiger partial charge on any atom is 0.239 e. The average molecular weight is 296 g/mol. The summed E-state index contributed by atoms with van der Waals surface area (Å²) in [5.41, 5.74) is 2.14. The van der Waals surface area contributed by atoms with Crippen LogP contribution in [0.5, 0.6) is 0 Å². The number of hydrogen-bond donors (Lipinski definition) is 2. The van der Waals surface area contributed by atoms with Gasteiger partial charge in [-0.2, -0.15) is 0 Å². The van der Waals surface area contributed by atoms with Crippen LogP contribution in [0.25, 0.3) is 0 Å². The first kappa shape index (κ1) is 15.1. The molecule has 0 saturated carbocycles. The van der Waals surface area contributed by atoms with Gasteiger partial charge in [-0.3, -0.25) is 4.79 Å². The fourth-order valence-corrected chi connectivity index (χ4v) is 2.56. The Balaban J connectivity index is 2.24. The number of hydrogen-bond acceptors (Lipinski definition) is 3. The summed E-state index contributed by atoms with van der Waals surface area (Å²) in [5.74, 6) is 0.0471. The van der Waals surface area contributed by atoms with Gasteiger partial charge in [0, 0.05) is 25.2 Å². The molecule has 1 aromatic carbocycles. The van der Waals surface area contributed by atoms with E-state index in [0.717, 1.165) is 24.3 Å². The Bertz CT molecular complexity index is 496. The van der Waals surface area contributed by atoms with Crippen molar-refractivity contribution in [2.75, 3.05) is 24.5 Å². The van der Waals surface area contributed by atoms with Crippen LogP contribution in [0.15, 0.2) is 18.2 Å². The van der Waals surface area contributed by atoms with Crippen LogP contribution >= 0.6 is 11.6 Å². The number of nitrogens with zero attached hydrogens (tertiary/aromatic N) is 1. The van der Waals surface area contributed by atoms with Gasteiger partial charge in [0.05, 0.1) is 17.3 Å². The quantitative estimate of drug-likeness (QED) is 0.898. The number of halogens is 1. The molecule has 1 heterocycles. The molecule has 1 aromatic rings. The molecular formula is C15H22ClN3O.